The molecule has 2 heterocycles. The molecule has 0 bridgehead atoms. The van der Waals surface area contributed by atoms with Gasteiger partial charge in [0, 0.05) is 12.6 Å². The van der Waals surface area contributed by atoms with Crippen molar-refractivity contribution in [1.29, 1.82) is 0 Å². The first kappa shape index (κ1) is 20.0. The van der Waals surface area contributed by atoms with Crippen molar-refractivity contribution in [3.8, 4) is 0 Å². The summed E-state index contributed by atoms with van der Waals surface area (Å²) in [6.07, 6.45) is 9.10. The van der Waals surface area contributed by atoms with Gasteiger partial charge in [0.25, 0.3) is 0 Å². The molecule has 3 rings (SSSR count). The third-order valence-electron chi connectivity index (χ3n) is 6.19. The summed E-state index contributed by atoms with van der Waals surface area (Å²) in [4.78, 5) is 14.5. The molecule has 0 aromatic carbocycles. The number of carbonyl (C=O) groups is 1. The Morgan fingerprint density at radius 1 is 1.08 bits per heavy atom. The molecular formula is C20H36FN3O2. The van der Waals surface area contributed by atoms with Crippen LogP contribution >= 0.6 is 0 Å². The molecule has 2 unspecified atom stereocenters. The van der Waals surface area contributed by atoms with Gasteiger partial charge in [0.15, 0.2) is 0 Å². The fourth-order valence-electron chi connectivity index (χ4n) is 4.75. The SMILES string of the molecule is CC(C)O[C@H]1CCN(C(=O)C2CC(C3CCCCCCC3)NN2)C[C@H]1F. The molecule has 3 aliphatic rings. The van der Waals surface area contributed by atoms with Crippen LogP contribution in [0.25, 0.3) is 0 Å². The number of halogens is 1. The summed E-state index contributed by atoms with van der Waals surface area (Å²) < 4.78 is 20.0. The number of ether oxygens (including phenoxy) is 1. The van der Waals surface area contributed by atoms with E-state index in [-0.39, 0.29) is 30.7 Å². The molecule has 1 amide bonds. The van der Waals surface area contributed by atoms with E-state index in [4.69, 9.17) is 4.74 Å². The zero-order chi connectivity index (χ0) is 18.5. The second-order valence-electron chi connectivity index (χ2n) is 8.60. The van der Waals surface area contributed by atoms with Crippen LogP contribution in [0.5, 0.6) is 0 Å². The van der Waals surface area contributed by atoms with Crippen molar-refractivity contribution in [2.24, 2.45) is 5.92 Å². The third kappa shape index (κ3) is 5.17. The molecule has 5 nitrogen and oxygen atoms in total. The van der Waals surface area contributed by atoms with Gasteiger partial charge in [0.05, 0.1) is 18.8 Å². The van der Waals surface area contributed by atoms with Crippen LogP contribution in [0.15, 0.2) is 0 Å². The largest absolute Gasteiger partial charge is 0.372 e. The Bertz CT molecular complexity index is 454. The van der Waals surface area contributed by atoms with Gasteiger partial charge in [-0.2, -0.15) is 0 Å². The van der Waals surface area contributed by atoms with Gasteiger partial charge in [0.1, 0.15) is 12.2 Å². The first-order chi connectivity index (χ1) is 12.5. The predicted octanol–water partition coefficient (Wildman–Crippen LogP) is 2.95. The van der Waals surface area contributed by atoms with Gasteiger partial charge in [-0.05, 0) is 45.4 Å². The molecule has 0 radical (unpaired) electrons. The lowest BCUT2D eigenvalue weighted by atomic mass is 9.84. The Hall–Kier alpha value is -0.720. The number of likely N-dealkylation sites (tertiary alicyclic amines) is 1. The minimum Gasteiger partial charge on any atom is -0.372 e. The van der Waals surface area contributed by atoms with Crippen LogP contribution in [-0.2, 0) is 9.53 Å². The highest BCUT2D eigenvalue weighted by Crippen LogP contribution is 2.29. The highest BCUT2D eigenvalue weighted by atomic mass is 19.1. The summed E-state index contributed by atoms with van der Waals surface area (Å²) in [5, 5.41) is 0. The number of hydrogen-bond acceptors (Lipinski definition) is 4. The van der Waals surface area contributed by atoms with E-state index in [9.17, 15) is 9.18 Å². The summed E-state index contributed by atoms with van der Waals surface area (Å²) in [5.74, 6) is 0.691. The molecule has 2 N–H and O–H groups in total. The van der Waals surface area contributed by atoms with Crippen LogP contribution < -0.4 is 10.9 Å². The van der Waals surface area contributed by atoms with E-state index in [1.807, 2.05) is 13.8 Å². The smallest absolute Gasteiger partial charge is 0.241 e. The first-order valence-electron chi connectivity index (χ1n) is 10.6. The third-order valence-corrected chi connectivity index (χ3v) is 6.19. The standard InChI is InChI=1S/C20H36FN3O2/c1-14(2)26-19-10-11-24(13-16(19)21)20(25)18-12-17(22-23-18)15-8-6-4-3-5-7-9-15/h14-19,22-23H,3-13H2,1-2H3/t16-,17?,18?,19+/m1/s1. The highest BCUT2D eigenvalue weighted by Gasteiger charge is 2.39. The predicted molar refractivity (Wildman–Crippen MR) is 100 cm³/mol. The molecule has 3 fully saturated rings. The summed E-state index contributed by atoms with van der Waals surface area (Å²) in [7, 11) is 0. The Morgan fingerprint density at radius 2 is 1.77 bits per heavy atom. The van der Waals surface area contributed by atoms with Gasteiger partial charge < -0.3 is 9.64 Å². The fraction of sp³-hybridized carbons (Fsp3) is 0.950. The quantitative estimate of drug-likeness (QED) is 0.800. The second kappa shape index (κ2) is 9.47. The number of nitrogens with zero attached hydrogens (tertiary/aromatic N) is 1. The van der Waals surface area contributed by atoms with Crippen LogP contribution in [0, 0.1) is 5.92 Å². The maximum absolute atomic E-state index is 14.4. The van der Waals surface area contributed by atoms with E-state index < -0.39 is 6.17 Å². The number of hydrazine groups is 1. The fourth-order valence-corrected chi connectivity index (χ4v) is 4.75. The summed E-state index contributed by atoms with van der Waals surface area (Å²) in [6.45, 7) is 4.59. The van der Waals surface area contributed by atoms with Crippen molar-refractivity contribution in [2.45, 2.75) is 102 Å². The lowest BCUT2D eigenvalue weighted by Gasteiger charge is -2.36. The lowest BCUT2D eigenvalue weighted by Crippen LogP contribution is -2.53. The van der Waals surface area contributed by atoms with E-state index in [0.29, 0.717) is 24.9 Å². The number of hydrogen-bond donors (Lipinski definition) is 2. The maximum Gasteiger partial charge on any atom is 0.241 e. The molecule has 1 aliphatic carbocycles. The molecule has 2 aliphatic heterocycles. The molecule has 1 saturated carbocycles. The summed E-state index contributed by atoms with van der Waals surface area (Å²) in [6, 6.07) is 0.144. The van der Waals surface area contributed by atoms with Gasteiger partial charge in [-0.3, -0.25) is 10.2 Å². The highest BCUT2D eigenvalue weighted by molar-refractivity contribution is 5.82. The molecule has 2 saturated heterocycles. The van der Waals surface area contributed by atoms with E-state index >= 15 is 0 Å². The lowest BCUT2D eigenvalue weighted by molar-refractivity contribution is -0.140. The van der Waals surface area contributed by atoms with Crippen LogP contribution in [0.4, 0.5) is 4.39 Å². The number of amides is 1. The number of alkyl halides is 1. The van der Waals surface area contributed by atoms with Gasteiger partial charge in [-0.15, -0.1) is 0 Å². The summed E-state index contributed by atoms with van der Waals surface area (Å²) >= 11 is 0. The number of carbonyl (C=O) groups excluding carboxylic acids is 1. The van der Waals surface area contributed by atoms with Crippen LogP contribution in [-0.4, -0.2) is 54.4 Å². The van der Waals surface area contributed by atoms with Crippen LogP contribution in [0.3, 0.4) is 0 Å². The Labute approximate surface area is 157 Å². The van der Waals surface area contributed by atoms with Crippen molar-refractivity contribution in [3.63, 3.8) is 0 Å². The number of piperidine rings is 1. The van der Waals surface area contributed by atoms with Gasteiger partial charge in [0.2, 0.25) is 5.91 Å². The topological polar surface area (TPSA) is 53.6 Å². The van der Waals surface area contributed by atoms with Crippen molar-refractivity contribution in [1.82, 2.24) is 15.8 Å². The zero-order valence-corrected chi connectivity index (χ0v) is 16.4. The van der Waals surface area contributed by atoms with Gasteiger partial charge >= 0.3 is 0 Å². The van der Waals surface area contributed by atoms with Crippen molar-refractivity contribution in [2.75, 3.05) is 13.1 Å². The van der Waals surface area contributed by atoms with E-state index in [1.54, 1.807) is 4.90 Å². The molecule has 0 aromatic heterocycles. The number of rotatable bonds is 4. The second-order valence-corrected chi connectivity index (χ2v) is 8.60. The average molecular weight is 370 g/mol. The van der Waals surface area contributed by atoms with Gasteiger partial charge in [-0.25, -0.2) is 9.82 Å². The zero-order valence-electron chi connectivity index (χ0n) is 16.4. The molecule has 150 valence electrons. The molecule has 0 spiro atoms. The minimum absolute atomic E-state index is 0.0192. The molecule has 6 heteroatoms. The minimum atomic E-state index is -1.09. The molecule has 0 aromatic rings. The molecular weight excluding hydrogens is 333 g/mol. The van der Waals surface area contributed by atoms with E-state index in [0.717, 1.165) is 6.42 Å². The Kier molecular flexibility index (Phi) is 7.29. The van der Waals surface area contributed by atoms with E-state index in [1.165, 1.54) is 44.9 Å². The van der Waals surface area contributed by atoms with Crippen molar-refractivity contribution in [3.05, 3.63) is 0 Å². The molecule has 4 atom stereocenters. The van der Waals surface area contributed by atoms with Crippen LogP contribution in [0.1, 0.15) is 71.6 Å². The Morgan fingerprint density at radius 3 is 2.42 bits per heavy atom. The molecule has 26 heavy (non-hydrogen) atoms. The number of nitrogens with one attached hydrogen (secondary N) is 2. The van der Waals surface area contributed by atoms with Gasteiger partial charge in [-0.1, -0.05) is 32.1 Å². The summed E-state index contributed by atoms with van der Waals surface area (Å²) in [5.41, 5.74) is 6.58. The Balaban J connectivity index is 1.48. The first-order valence-corrected chi connectivity index (χ1v) is 10.6. The van der Waals surface area contributed by atoms with Crippen molar-refractivity contribution >= 4 is 5.91 Å². The maximum atomic E-state index is 14.4. The normalized spacial score (nSPS) is 34.7. The van der Waals surface area contributed by atoms with E-state index in [2.05, 4.69) is 10.9 Å². The monoisotopic (exact) mass is 369 g/mol. The average Bonchev–Trinajstić information content (AvgIpc) is 3.05. The van der Waals surface area contributed by atoms with Crippen molar-refractivity contribution < 1.29 is 13.9 Å². The van der Waals surface area contributed by atoms with Crippen LogP contribution in [0.2, 0.25) is 0 Å².